The van der Waals surface area contributed by atoms with E-state index in [0.29, 0.717) is 5.92 Å². The Morgan fingerprint density at radius 2 is 1.94 bits per heavy atom. The van der Waals surface area contributed by atoms with E-state index in [-0.39, 0.29) is 0 Å². The zero-order chi connectivity index (χ0) is 11.7. The first-order valence-corrected chi connectivity index (χ1v) is 5.71. The maximum Gasteiger partial charge on any atom is 0.129 e. The van der Waals surface area contributed by atoms with E-state index in [1.807, 2.05) is 7.05 Å². The minimum Gasteiger partial charge on any atom is -0.373 e. The highest BCUT2D eigenvalue weighted by molar-refractivity contribution is 5.82. The molecule has 0 amide bonds. The van der Waals surface area contributed by atoms with Crippen molar-refractivity contribution in [3.63, 3.8) is 0 Å². The average Bonchev–Trinajstić information content (AvgIpc) is 2.27. The molecular formula is C14H18N2. The molecule has 0 aliphatic carbocycles. The molecule has 0 aliphatic heterocycles. The van der Waals surface area contributed by atoms with Crippen molar-refractivity contribution in [2.45, 2.75) is 26.7 Å². The van der Waals surface area contributed by atoms with Crippen LogP contribution in [-0.4, -0.2) is 12.0 Å². The number of aryl methyl sites for hydroxylation is 1. The van der Waals surface area contributed by atoms with Gasteiger partial charge in [0, 0.05) is 12.4 Å². The standard InChI is InChI=1S/C14H18N2/c1-9(2)11-5-6-13-12(8-11)7-10(3)14(15-4)16-13/h5-9H,1-4H3,(H,15,16). The third-order valence-corrected chi connectivity index (χ3v) is 2.93. The smallest absolute Gasteiger partial charge is 0.129 e. The molecule has 1 N–H and O–H groups in total. The SMILES string of the molecule is CNc1nc2ccc(C(C)C)cc2cc1C. The van der Waals surface area contributed by atoms with Gasteiger partial charge in [0.1, 0.15) is 5.82 Å². The Morgan fingerprint density at radius 1 is 1.19 bits per heavy atom. The molecule has 0 atom stereocenters. The van der Waals surface area contributed by atoms with Crippen molar-refractivity contribution >= 4 is 16.7 Å². The van der Waals surface area contributed by atoms with Gasteiger partial charge in [-0.15, -0.1) is 0 Å². The number of hydrogen-bond donors (Lipinski definition) is 1. The van der Waals surface area contributed by atoms with E-state index in [0.717, 1.165) is 11.3 Å². The fourth-order valence-electron chi connectivity index (χ4n) is 1.91. The molecular weight excluding hydrogens is 196 g/mol. The first-order chi connectivity index (χ1) is 7.61. The van der Waals surface area contributed by atoms with Crippen LogP contribution < -0.4 is 5.32 Å². The van der Waals surface area contributed by atoms with E-state index in [1.165, 1.54) is 16.5 Å². The van der Waals surface area contributed by atoms with Crippen LogP contribution in [0.15, 0.2) is 24.3 Å². The number of fused-ring (bicyclic) bond motifs is 1. The summed E-state index contributed by atoms with van der Waals surface area (Å²) in [6, 6.07) is 8.69. The van der Waals surface area contributed by atoms with E-state index in [4.69, 9.17) is 0 Å². The fourth-order valence-corrected chi connectivity index (χ4v) is 1.91. The molecule has 0 saturated heterocycles. The number of benzene rings is 1. The van der Waals surface area contributed by atoms with E-state index in [2.05, 4.69) is 55.3 Å². The molecule has 0 fully saturated rings. The van der Waals surface area contributed by atoms with Crippen molar-refractivity contribution in [2.75, 3.05) is 12.4 Å². The monoisotopic (exact) mass is 214 g/mol. The largest absolute Gasteiger partial charge is 0.373 e. The zero-order valence-electron chi connectivity index (χ0n) is 10.3. The van der Waals surface area contributed by atoms with E-state index < -0.39 is 0 Å². The maximum atomic E-state index is 4.58. The van der Waals surface area contributed by atoms with Gasteiger partial charge in [-0.3, -0.25) is 0 Å². The van der Waals surface area contributed by atoms with Crippen molar-refractivity contribution in [3.05, 3.63) is 35.4 Å². The Kier molecular flexibility index (Phi) is 2.82. The lowest BCUT2D eigenvalue weighted by Crippen LogP contribution is -1.96. The highest BCUT2D eigenvalue weighted by Gasteiger charge is 2.04. The molecule has 0 spiro atoms. The summed E-state index contributed by atoms with van der Waals surface area (Å²) in [5.41, 5.74) is 3.61. The van der Waals surface area contributed by atoms with Gasteiger partial charge in [-0.05, 0) is 42.2 Å². The summed E-state index contributed by atoms with van der Waals surface area (Å²) in [6.07, 6.45) is 0. The number of aromatic nitrogens is 1. The van der Waals surface area contributed by atoms with Crippen LogP contribution in [0.1, 0.15) is 30.9 Å². The molecule has 0 saturated carbocycles. The molecule has 2 heteroatoms. The van der Waals surface area contributed by atoms with Crippen molar-refractivity contribution < 1.29 is 0 Å². The third-order valence-electron chi connectivity index (χ3n) is 2.93. The fraction of sp³-hybridized carbons (Fsp3) is 0.357. The molecule has 1 aromatic carbocycles. The van der Waals surface area contributed by atoms with E-state index in [1.54, 1.807) is 0 Å². The summed E-state index contributed by atoms with van der Waals surface area (Å²) in [6.45, 7) is 6.51. The van der Waals surface area contributed by atoms with Crippen LogP contribution in [0.4, 0.5) is 5.82 Å². The Labute approximate surface area is 96.7 Å². The van der Waals surface area contributed by atoms with Gasteiger partial charge in [-0.2, -0.15) is 0 Å². The zero-order valence-corrected chi connectivity index (χ0v) is 10.3. The minimum atomic E-state index is 0.564. The van der Waals surface area contributed by atoms with Crippen LogP contribution in [0.25, 0.3) is 10.9 Å². The molecule has 2 nitrogen and oxygen atoms in total. The number of pyridine rings is 1. The molecule has 2 aromatic rings. The molecule has 0 unspecified atom stereocenters. The van der Waals surface area contributed by atoms with Crippen molar-refractivity contribution in [1.82, 2.24) is 4.98 Å². The van der Waals surface area contributed by atoms with Crippen LogP contribution >= 0.6 is 0 Å². The quantitative estimate of drug-likeness (QED) is 0.824. The van der Waals surface area contributed by atoms with Gasteiger partial charge in [0.2, 0.25) is 0 Å². The molecule has 1 aromatic heterocycles. The van der Waals surface area contributed by atoms with Crippen LogP contribution in [0.5, 0.6) is 0 Å². The van der Waals surface area contributed by atoms with Crippen LogP contribution in [0, 0.1) is 6.92 Å². The van der Waals surface area contributed by atoms with Gasteiger partial charge < -0.3 is 5.32 Å². The van der Waals surface area contributed by atoms with Gasteiger partial charge in [-0.25, -0.2) is 4.98 Å². The topological polar surface area (TPSA) is 24.9 Å². The van der Waals surface area contributed by atoms with Crippen LogP contribution in [-0.2, 0) is 0 Å². The number of nitrogens with one attached hydrogen (secondary N) is 1. The average molecular weight is 214 g/mol. The Bertz CT molecular complexity index is 515. The molecule has 2 rings (SSSR count). The van der Waals surface area contributed by atoms with E-state index in [9.17, 15) is 0 Å². The van der Waals surface area contributed by atoms with Gasteiger partial charge >= 0.3 is 0 Å². The normalized spacial score (nSPS) is 11.1. The number of hydrogen-bond acceptors (Lipinski definition) is 2. The highest BCUT2D eigenvalue weighted by atomic mass is 15.0. The summed E-state index contributed by atoms with van der Waals surface area (Å²) in [5, 5.41) is 4.34. The Balaban J connectivity index is 2.62. The Hall–Kier alpha value is -1.57. The lowest BCUT2D eigenvalue weighted by molar-refractivity contribution is 0.868. The second kappa shape index (κ2) is 4.12. The molecule has 0 radical (unpaired) electrons. The first kappa shape index (κ1) is 10.9. The van der Waals surface area contributed by atoms with Gasteiger partial charge in [0.05, 0.1) is 5.52 Å². The van der Waals surface area contributed by atoms with E-state index >= 15 is 0 Å². The molecule has 1 heterocycles. The summed E-state index contributed by atoms with van der Waals surface area (Å²) >= 11 is 0. The number of nitrogens with zero attached hydrogens (tertiary/aromatic N) is 1. The molecule has 0 bridgehead atoms. The molecule has 16 heavy (non-hydrogen) atoms. The van der Waals surface area contributed by atoms with Gasteiger partial charge in [0.25, 0.3) is 0 Å². The summed E-state index contributed by atoms with van der Waals surface area (Å²) < 4.78 is 0. The lowest BCUT2D eigenvalue weighted by atomic mass is 10.0. The second-order valence-electron chi connectivity index (χ2n) is 4.51. The minimum absolute atomic E-state index is 0.564. The summed E-state index contributed by atoms with van der Waals surface area (Å²) in [5.74, 6) is 1.53. The van der Waals surface area contributed by atoms with Crippen LogP contribution in [0.3, 0.4) is 0 Å². The lowest BCUT2D eigenvalue weighted by Gasteiger charge is -2.09. The number of rotatable bonds is 2. The number of anilines is 1. The van der Waals surface area contributed by atoms with Gasteiger partial charge in [0.15, 0.2) is 0 Å². The predicted molar refractivity (Wildman–Crippen MR) is 70.1 cm³/mol. The highest BCUT2D eigenvalue weighted by Crippen LogP contribution is 2.23. The Morgan fingerprint density at radius 3 is 2.56 bits per heavy atom. The third kappa shape index (κ3) is 1.87. The predicted octanol–water partition coefficient (Wildman–Crippen LogP) is 3.71. The summed E-state index contributed by atoms with van der Waals surface area (Å²) in [4.78, 5) is 4.58. The molecule has 84 valence electrons. The maximum absolute atomic E-state index is 4.58. The van der Waals surface area contributed by atoms with Crippen molar-refractivity contribution in [3.8, 4) is 0 Å². The van der Waals surface area contributed by atoms with Crippen molar-refractivity contribution in [1.29, 1.82) is 0 Å². The van der Waals surface area contributed by atoms with Crippen molar-refractivity contribution in [2.24, 2.45) is 0 Å². The molecule has 0 aliphatic rings. The van der Waals surface area contributed by atoms with Crippen LogP contribution in [0.2, 0.25) is 0 Å². The second-order valence-corrected chi connectivity index (χ2v) is 4.51. The van der Waals surface area contributed by atoms with Gasteiger partial charge in [-0.1, -0.05) is 19.9 Å². The first-order valence-electron chi connectivity index (χ1n) is 5.71. The summed E-state index contributed by atoms with van der Waals surface area (Å²) in [7, 11) is 1.91.